The lowest BCUT2D eigenvalue weighted by atomic mass is 9.99. The van der Waals surface area contributed by atoms with Crippen LogP contribution in [0.2, 0.25) is 0 Å². The van der Waals surface area contributed by atoms with Crippen molar-refractivity contribution in [2.24, 2.45) is 5.92 Å². The normalized spacial score (nSPS) is 15.0. The third-order valence-electron chi connectivity index (χ3n) is 4.54. The van der Waals surface area contributed by atoms with Crippen molar-refractivity contribution < 1.29 is 9.59 Å². The van der Waals surface area contributed by atoms with Crippen LogP contribution in [-0.2, 0) is 0 Å². The molecule has 0 bridgehead atoms. The second-order valence-electron chi connectivity index (χ2n) is 6.53. The van der Waals surface area contributed by atoms with Gasteiger partial charge in [0, 0.05) is 24.3 Å². The van der Waals surface area contributed by atoms with E-state index < -0.39 is 0 Å². The zero-order valence-corrected chi connectivity index (χ0v) is 14.5. The highest BCUT2D eigenvalue weighted by molar-refractivity contribution is 6.03. The largest absolute Gasteiger partial charge is 0.355 e. The molecule has 1 aliphatic heterocycles. The van der Waals surface area contributed by atoms with Crippen molar-refractivity contribution in [1.82, 2.24) is 10.2 Å². The first-order chi connectivity index (χ1) is 12.0. The van der Waals surface area contributed by atoms with E-state index in [9.17, 15) is 9.59 Å². The van der Waals surface area contributed by atoms with Gasteiger partial charge < -0.3 is 10.2 Å². The maximum atomic E-state index is 12.3. The second-order valence-corrected chi connectivity index (χ2v) is 6.53. The molecule has 1 fully saturated rings. The molecule has 0 atom stereocenters. The minimum absolute atomic E-state index is 0.00793. The van der Waals surface area contributed by atoms with Gasteiger partial charge in [-0.15, -0.1) is 10.2 Å². The summed E-state index contributed by atoms with van der Waals surface area (Å²) in [7, 11) is 0. The first kappa shape index (κ1) is 17.1. The summed E-state index contributed by atoms with van der Waals surface area (Å²) in [6.45, 7) is 5.72. The summed E-state index contributed by atoms with van der Waals surface area (Å²) in [4.78, 5) is 25.7. The van der Waals surface area contributed by atoms with Crippen LogP contribution < -0.4 is 10.2 Å². The number of hydrogen-bond donors (Lipinski definition) is 1. The number of carbonyl (C=O) groups is 2. The molecule has 6 heteroatoms. The number of nitrogens with one attached hydrogen (secondary N) is 1. The van der Waals surface area contributed by atoms with E-state index >= 15 is 0 Å². The number of anilines is 2. The lowest BCUT2D eigenvalue weighted by molar-refractivity contribution is 0.101. The van der Waals surface area contributed by atoms with Crippen LogP contribution in [0.25, 0.3) is 0 Å². The number of carbonyl (C=O) groups excluding carboxylic acids is 2. The van der Waals surface area contributed by atoms with Gasteiger partial charge in [0.2, 0.25) is 0 Å². The number of benzene rings is 1. The van der Waals surface area contributed by atoms with E-state index in [1.165, 1.54) is 6.92 Å². The summed E-state index contributed by atoms with van der Waals surface area (Å²) >= 11 is 0. The number of rotatable bonds is 4. The fourth-order valence-corrected chi connectivity index (χ4v) is 2.84. The van der Waals surface area contributed by atoms with Crippen molar-refractivity contribution in [1.29, 1.82) is 0 Å². The highest BCUT2D eigenvalue weighted by atomic mass is 16.2. The Labute approximate surface area is 147 Å². The Bertz CT molecular complexity index is 748. The second kappa shape index (κ2) is 7.42. The lowest BCUT2D eigenvalue weighted by Gasteiger charge is -2.30. The Kier molecular flexibility index (Phi) is 5.07. The fraction of sp³-hybridized carbons (Fsp3) is 0.368. The van der Waals surface area contributed by atoms with Crippen molar-refractivity contribution in [3.63, 3.8) is 0 Å². The molecular weight excluding hydrogens is 316 g/mol. The van der Waals surface area contributed by atoms with E-state index in [1.54, 1.807) is 30.3 Å². The lowest BCUT2D eigenvalue weighted by Crippen LogP contribution is -2.33. The molecule has 1 N–H and O–H groups in total. The average molecular weight is 338 g/mol. The molecule has 3 rings (SSSR count). The van der Waals surface area contributed by atoms with E-state index in [2.05, 4.69) is 27.3 Å². The standard InChI is InChI=1S/C19H22N4O2/c1-13-9-11-23(12-10-13)18-8-7-17(21-22-18)19(25)20-16-5-3-15(4-6-16)14(2)24/h3-8,13H,9-12H2,1-2H3,(H,20,25). The first-order valence-corrected chi connectivity index (χ1v) is 8.54. The Morgan fingerprint density at radius 2 is 1.72 bits per heavy atom. The number of amides is 1. The van der Waals surface area contributed by atoms with E-state index in [0.29, 0.717) is 11.3 Å². The molecule has 130 valence electrons. The summed E-state index contributed by atoms with van der Waals surface area (Å²) in [6.07, 6.45) is 2.31. The summed E-state index contributed by atoms with van der Waals surface area (Å²) in [5.74, 6) is 1.24. The van der Waals surface area contributed by atoms with Gasteiger partial charge in [-0.1, -0.05) is 6.92 Å². The predicted molar refractivity (Wildman–Crippen MR) is 97.0 cm³/mol. The summed E-state index contributed by atoms with van der Waals surface area (Å²) < 4.78 is 0. The monoisotopic (exact) mass is 338 g/mol. The summed E-state index contributed by atoms with van der Waals surface area (Å²) in [5.41, 5.74) is 1.49. The van der Waals surface area contributed by atoms with Gasteiger partial charge in [-0.2, -0.15) is 0 Å². The van der Waals surface area contributed by atoms with E-state index in [-0.39, 0.29) is 17.4 Å². The van der Waals surface area contributed by atoms with Gasteiger partial charge in [-0.05, 0) is 62.1 Å². The zero-order valence-electron chi connectivity index (χ0n) is 14.5. The Morgan fingerprint density at radius 3 is 2.28 bits per heavy atom. The van der Waals surface area contributed by atoms with E-state index in [4.69, 9.17) is 0 Å². The van der Waals surface area contributed by atoms with Crippen LogP contribution in [0.5, 0.6) is 0 Å². The minimum atomic E-state index is -0.318. The van der Waals surface area contributed by atoms with Crippen molar-refractivity contribution in [2.45, 2.75) is 26.7 Å². The smallest absolute Gasteiger partial charge is 0.276 e. The minimum Gasteiger partial charge on any atom is -0.355 e. The number of aromatic nitrogens is 2. The molecule has 1 aromatic heterocycles. The molecule has 1 amide bonds. The maximum absolute atomic E-state index is 12.3. The van der Waals surface area contributed by atoms with Crippen molar-refractivity contribution >= 4 is 23.2 Å². The van der Waals surface area contributed by atoms with Gasteiger partial charge >= 0.3 is 0 Å². The zero-order chi connectivity index (χ0) is 17.8. The summed E-state index contributed by atoms with van der Waals surface area (Å²) in [5, 5.41) is 11.0. The topological polar surface area (TPSA) is 75.2 Å². The SMILES string of the molecule is CC(=O)c1ccc(NC(=O)c2ccc(N3CCC(C)CC3)nn2)cc1. The van der Waals surface area contributed by atoms with Gasteiger partial charge in [0.1, 0.15) is 0 Å². The van der Waals surface area contributed by atoms with Crippen LogP contribution in [0.1, 0.15) is 47.5 Å². The Morgan fingerprint density at radius 1 is 1.04 bits per heavy atom. The van der Waals surface area contributed by atoms with Crippen LogP contribution in [0.15, 0.2) is 36.4 Å². The van der Waals surface area contributed by atoms with Crippen LogP contribution in [0, 0.1) is 5.92 Å². The Balaban J connectivity index is 1.63. The van der Waals surface area contributed by atoms with Crippen LogP contribution in [-0.4, -0.2) is 35.0 Å². The maximum Gasteiger partial charge on any atom is 0.276 e. The van der Waals surface area contributed by atoms with E-state index in [1.807, 2.05) is 6.07 Å². The quantitative estimate of drug-likeness (QED) is 0.867. The van der Waals surface area contributed by atoms with Gasteiger partial charge in [0.05, 0.1) is 0 Å². The first-order valence-electron chi connectivity index (χ1n) is 8.54. The van der Waals surface area contributed by atoms with Crippen molar-refractivity contribution in [2.75, 3.05) is 23.3 Å². The van der Waals surface area contributed by atoms with Crippen LogP contribution >= 0.6 is 0 Å². The summed E-state index contributed by atoms with van der Waals surface area (Å²) in [6, 6.07) is 10.3. The molecule has 1 saturated heterocycles. The predicted octanol–water partition coefficient (Wildman–Crippen LogP) is 3.17. The third-order valence-corrected chi connectivity index (χ3v) is 4.54. The molecule has 0 unspecified atom stereocenters. The molecule has 0 spiro atoms. The molecule has 1 aliphatic rings. The van der Waals surface area contributed by atoms with E-state index in [0.717, 1.165) is 37.7 Å². The van der Waals surface area contributed by atoms with Gasteiger partial charge in [0.25, 0.3) is 5.91 Å². The van der Waals surface area contributed by atoms with Crippen molar-refractivity contribution in [3.05, 3.63) is 47.7 Å². The highest BCUT2D eigenvalue weighted by Gasteiger charge is 2.18. The molecule has 0 saturated carbocycles. The number of hydrogen-bond acceptors (Lipinski definition) is 5. The molecule has 0 radical (unpaired) electrons. The number of Topliss-reactive ketones (excluding diaryl/α,β-unsaturated/α-hetero) is 1. The van der Waals surface area contributed by atoms with Gasteiger partial charge in [-0.3, -0.25) is 9.59 Å². The average Bonchev–Trinajstić information content (AvgIpc) is 2.63. The molecule has 2 aromatic rings. The molecule has 2 heterocycles. The van der Waals surface area contributed by atoms with Crippen LogP contribution in [0.4, 0.5) is 11.5 Å². The molecule has 6 nitrogen and oxygen atoms in total. The molecule has 1 aromatic carbocycles. The number of nitrogens with zero attached hydrogens (tertiary/aromatic N) is 3. The fourth-order valence-electron chi connectivity index (χ4n) is 2.84. The Hall–Kier alpha value is -2.76. The van der Waals surface area contributed by atoms with Crippen molar-refractivity contribution in [3.8, 4) is 0 Å². The number of piperidine rings is 1. The molecule has 25 heavy (non-hydrogen) atoms. The highest BCUT2D eigenvalue weighted by Crippen LogP contribution is 2.20. The molecular formula is C19H22N4O2. The van der Waals surface area contributed by atoms with Crippen LogP contribution in [0.3, 0.4) is 0 Å². The van der Waals surface area contributed by atoms with Gasteiger partial charge in [0.15, 0.2) is 17.3 Å². The third kappa shape index (κ3) is 4.21. The molecule has 0 aliphatic carbocycles. The van der Waals surface area contributed by atoms with Gasteiger partial charge in [-0.25, -0.2) is 0 Å². The number of ketones is 1.